The van der Waals surface area contributed by atoms with E-state index in [-0.39, 0.29) is 29.8 Å². The second-order valence-electron chi connectivity index (χ2n) is 5.53. The van der Waals surface area contributed by atoms with Crippen LogP contribution in [0.2, 0.25) is 0 Å². The second-order valence-corrected chi connectivity index (χ2v) is 5.53. The van der Waals surface area contributed by atoms with E-state index in [0.717, 1.165) is 19.3 Å². The van der Waals surface area contributed by atoms with Crippen molar-refractivity contribution >= 4 is 17.9 Å². The van der Waals surface area contributed by atoms with Crippen LogP contribution in [0, 0.1) is 11.8 Å². The number of aliphatic carboxylic acids is 1. The molecule has 3 amide bonds. The Kier molecular flexibility index (Phi) is 4.81. The third-order valence-electron chi connectivity index (χ3n) is 4.10. The summed E-state index contributed by atoms with van der Waals surface area (Å²) >= 11 is 0. The standard InChI is InChI=1S/C13H21N3O4/c17-11-5-4-9(16-11)7-15-13(20)14-6-8-2-1-3-10(8)12(18)19/h8-10H,1-7H2,(H,16,17)(H,18,19)(H2,14,15,20). The van der Waals surface area contributed by atoms with Gasteiger partial charge in [0.15, 0.2) is 0 Å². The van der Waals surface area contributed by atoms with Crippen LogP contribution in [0.5, 0.6) is 0 Å². The number of carboxylic acid groups (broad SMARTS) is 1. The molecule has 7 heteroatoms. The van der Waals surface area contributed by atoms with Crippen molar-refractivity contribution in [2.45, 2.75) is 38.1 Å². The van der Waals surface area contributed by atoms with Crippen molar-refractivity contribution in [1.29, 1.82) is 0 Å². The Morgan fingerprint density at radius 1 is 1.20 bits per heavy atom. The van der Waals surface area contributed by atoms with Gasteiger partial charge in [-0.3, -0.25) is 9.59 Å². The number of hydrogen-bond donors (Lipinski definition) is 4. The van der Waals surface area contributed by atoms with Crippen LogP contribution < -0.4 is 16.0 Å². The molecule has 3 unspecified atom stereocenters. The number of amides is 3. The zero-order valence-corrected chi connectivity index (χ0v) is 11.4. The maximum atomic E-state index is 11.6. The third-order valence-corrected chi connectivity index (χ3v) is 4.10. The summed E-state index contributed by atoms with van der Waals surface area (Å²) in [5.74, 6) is -1.08. The third kappa shape index (κ3) is 3.85. The fourth-order valence-electron chi connectivity index (χ4n) is 2.94. The van der Waals surface area contributed by atoms with Crippen molar-refractivity contribution in [1.82, 2.24) is 16.0 Å². The Balaban J connectivity index is 1.65. The summed E-state index contributed by atoms with van der Waals surface area (Å²) in [4.78, 5) is 33.7. The van der Waals surface area contributed by atoms with Gasteiger partial charge in [0.25, 0.3) is 0 Å². The Morgan fingerprint density at radius 3 is 2.60 bits per heavy atom. The highest BCUT2D eigenvalue weighted by Gasteiger charge is 2.32. The van der Waals surface area contributed by atoms with Gasteiger partial charge >= 0.3 is 12.0 Å². The van der Waals surface area contributed by atoms with Gasteiger partial charge in [-0.1, -0.05) is 6.42 Å². The first kappa shape index (κ1) is 14.6. The smallest absolute Gasteiger partial charge is 0.314 e. The average molecular weight is 283 g/mol. The van der Waals surface area contributed by atoms with Gasteiger partial charge in [-0.15, -0.1) is 0 Å². The normalized spacial score (nSPS) is 29.0. The van der Waals surface area contributed by atoms with E-state index in [1.165, 1.54) is 0 Å². The lowest BCUT2D eigenvalue weighted by Gasteiger charge is -2.17. The van der Waals surface area contributed by atoms with Gasteiger partial charge in [0, 0.05) is 25.6 Å². The molecule has 7 nitrogen and oxygen atoms in total. The average Bonchev–Trinajstić information content (AvgIpc) is 3.02. The molecule has 2 aliphatic rings. The first-order chi connectivity index (χ1) is 9.56. The molecule has 1 heterocycles. The number of rotatable bonds is 5. The molecular formula is C13H21N3O4. The van der Waals surface area contributed by atoms with Crippen LogP contribution in [0.1, 0.15) is 32.1 Å². The predicted octanol–water partition coefficient (Wildman–Crippen LogP) is 0.0651. The zero-order chi connectivity index (χ0) is 14.5. The van der Waals surface area contributed by atoms with E-state index in [1.54, 1.807) is 0 Å². The maximum absolute atomic E-state index is 11.6. The van der Waals surface area contributed by atoms with Gasteiger partial charge in [-0.05, 0) is 25.2 Å². The van der Waals surface area contributed by atoms with Crippen LogP contribution >= 0.6 is 0 Å². The van der Waals surface area contributed by atoms with Crippen molar-refractivity contribution in [2.75, 3.05) is 13.1 Å². The number of urea groups is 1. The minimum Gasteiger partial charge on any atom is -0.481 e. The quantitative estimate of drug-likeness (QED) is 0.572. The van der Waals surface area contributed by atoms with Gasteiger partial charge in [-0.25, -0.2) is 4.79 Å². The zero-order valence-electron chi connectivity index (χ0n) is 11.4. The second kappa shape index (κ2) is 6.58. The summed E-state index contributed by atoms with van der Waals surface area (Å²) in [5.41, 5.74) is 0. The van der Waals surface area contributed by atoms with Crippen LogP contribution in [0.15, 0.2) is 0 Å². The molecule has 20 heavy (non-hydrogen) atoms. The van der Waals surface area contributed by atoms with Crippen molar-refractivity contribution in [3.8, 4) is 0 Å². The molecule has 0 spiro atoms. The topological polar surface area (TPSA) is 108 Å². The Bertz CT molecular complexity index is 399. The van der Waals surface area contributed by atoms with E-state index in [9.17, 15) is 14.4 Å². The van der Waals surface area contributed by atoms with Crippen molar-refractivity contribution in [3.05, 3.63) is 0 Å². The number of nitrogens with one attached hydrogen (secondary N) is 3. The maximum Gasteiger partial charge on any atom is 0.314 e. The number of carbonyl (C=O) groups is 3. The van der Waals surface area contributed by atoms with Crippen LogP contribution in [-0.2, 0) is 9.59 Å². The van der Waals surface area contributed by atoms with Gasteiger partial charge < -0.3 is 21.1 Å². The largest absolute Gasteiger partial charge is 0.481 e. The van der Waals surface area contributed by atoms with E-state index in [2.05, 4.69) is 16.0 Å². The number of hydrogen-bond acceptors (Lipinski definition) is 3. The summed E-state index contributed by atoms with van der Waals surface area (Å²) in [6.07, 6.45) is 3.69. The summed E-state index contributed by atoms with van der Waals surface area (Å²) in [5, 5.41) is 17.2. The molecule has 4 N–H and O–H groups in total. The summed E-state index contributed by atoms with van der Waals surface area (Å²) in [7, 11) is 0. The van der Waals surface area contributed by atoms with Gasteiger partial charge in [0.2, 0.25) is 5.91 Å². The lowest BCUT2D eigenvalue weighted by molar-refractivity contribution is -0.142. The number of carboxylic acids is 1. The first-order valence-corrected chi connectivity index (χ1v) is 7.10. The summed E-state index contributed by atoms with van der Waals surface area (Å²) in [6, 6.07) is -0.298. The first-order valence-electron chi connectivity index (χ1n) is 7.10. The molecule has 2 rings (SSSR count). The predicted molar refractivity (Wildman–Crippen MR) is 71.0 cm³/mol. The molecule has 1 aliphatic heterocycles. The lowest BCUT2D eigenvalue weighted by atomic mass is 9.96. The van der Waals surface area contributed by atoms with E-state index in [0.29, 0.717) is 25.9 Å². The van der Waals surface area contributed by atoms with Crippen LogP contribution in [0.4, 0.5) is 4.79 Å². The minimum atomic E-state index is -0.775. The molecule has 112 valence electrons. The molecule has 3 atom stereocenters. The fourth-order valence-corrected chi connectivity index (χ4v) is 2.94. The van der Waals surface area contributed by atoms with Gasteiger partial charge in [0.1, 0.15) is 0 Å². The van der Waals surface area contributed by atoms with E-state index in [4.69, 9.17) is 5.11 Å². The molecule has 1 saturated heterocycles. The Hall–Kier alpha value is -1.79. The summed E-state index contributed by atoms with van der Waals surface area (Å²) in [6.45, 7) is 0.796. The molecular weight excluding hydrogens is 262 g/mol. The number of carbonyl (C=O) groups excluding carboxylic acids is 2. The van der Waals surface area contributed by atoms with E-state index >= 15 is 0 Å². The highest BCUT2D eigenvalue weighted by atomic mass is 16.4. The van der Waals surface area contributed by atoms with Crippen molar-refractivity contribution in [2.24, 2.45) is 11.8 Å². The SMILES string of the molecule is O=C1CCC(CNC(=O)NCC2CCCC2C(=O)O)N1. The lowest BCUT2D eigenvalue weighted by Crippen LogP contribution is -2.44. The van der Waals surface area contributed by atoms with Gasteiger partial charge in [-0.2, -0.15) is 0 Å². The monoisotopic (exact) mass is 283 g/mol. The molecule has 1 saturated carbocycles. The fraction of sp³-hybridized carbons (Fsp3) is 0.769. The molecule has 0 aromatic carbocycles. The molecule has 1 aliphatic carbocycles. The molecule has 2 fully saturated rings. The summed E-state index contributed by atoms with van der Waals surface area (Å²) < 4.78 is 0. The van der Waals surface area contributed by atoms with Crippen LogP contribution in [-0.4, -0.2) is 42.1 Å². The molecule has 0 radical (unpaired) electrons. The van der Waals surface area contributed by atoms with Crippen LogP contribution in [0.3, 0.4) is 0 Å². The Labute approximate surface area is 117 Å². The molecule has 0 bridgehead atoms. The van der Waals surface area contributed by atoms with Crippen LogP contribution in [0.25, 0.3) is 0 Å². The highest BCUT2D eigenvalue weighted by Crippen LogP contribution is 2.31. The molecule has 0 aromatic rings. The minimum absolute atomic E-state index is 0.00602. The van der Waals surface area contributed by atoms with E-state index in [1.807, 2.05) is 0 Å². The van der Waals surface area contributed by atoms with Crippen molar-refractivity contribution < 1.29 is 19.5 Å². The molecule has 0 aromatic heterocycles. The van der Waals surface area contributed by atoms with Gasteiger partial charge in [0.05, 0.1) is 5.92 Å². The van der Waals surface area contributed by atoms with E-state index < -0.39 is 5.97 Å². The Morgan fingerprint density at radius 2 is 1.95 bits per heavy atom. The van der Waals surface area contributed by atoms with Crippen molar-refractivity contribution in [3.63, 3.8) is 0 Å². The highest BCUT2D eigenvalue weighted by molar-refractivity contribution is 5.79.